The lowest BCUT2D eigenvalue weighted by atomic mass is 10.2. The number of nitrogens with zero attached hydrogens (tertiary/aromatic N) is 2. The average Bonchev–Trinajstić information content (AvgIpc) is 3.16. The molecule has 0 radical (unpaired) electrons. The number of fused-ring (bicyclic) bond motifs is 1. The van der Waals surface area contributed by atoms with Gasteiger partial charge < -0.3 is 9.64 Å². The summed E-state index contributed by atoms with van der Waals surface area (Å²) in [6.45, 7) is 1.26. The predicted molar refractivity (Wildman–Crippen MR) is 108 cm³/mol. The zero-order valence-corrected chi connectivity index (χ0v) is 15.5. The number of likely N-dealkylation sites (tertiary alicyclic amines) is 1. The van der Waals surface area contributed by atoms with Gasteiger partial charge in [0.2, 0.25) is 5.91 Å². The van der Waals surface area contributed by atoms with Crippen LogP contribution in [0.3, 0.4) is 0 Å². The molecule has 1 unspecified atom stereocenters. The number of carbonyl (C=O) groups is 1. The van der Waals surface area contributed by atoms with Crippen LogP contribution in [0.25, 0.3) is 17.0 Å². The second kappa shape index (κ2) is 7.80. The zero-order chi connectivity index (χ0) is 18.6. The molecule has 1 saturated heterocycles. The highest BCUT2D eigenvalue weighted by Gasteiger charge is 2.27. The fourth-order valence-corrected chi connectivity index (χ4v) is 3.35. The summed E-state index contributed by atoms with van der Waals surface area (Å²) in [4.78, 5) is 18.7. The van der Waals surface area contributed by atoms with E-state index in [1.54, 1.807) is 12.3 Å². The fourth-order valence-electron chi connectivity index (χ4n) is 3.22. The third-order valence-electron chi connectivity index (χ3n) is 4.63. The first-order valence-electron chi connectivity index (χ1n) is 8.92. The summed E-state index contributed by atoms with van der Waals surface area (Å²) in [6, 6.07) is 17.2. The van der Waals surface area contributed by atoms with Crippen LogP contribution in [0.1, 0.15) is 12.0 Å². The number of amides is 1. The summed E-state index contributed by atoms with van der Waals surface area (Å²) < 4.78 is 6.15. The Morgan fingerprint density at radius 2 is 1.96 bits per heavy atom. The van der Waals surface area contributed by atoms with Crippen molar-refractivity contribution in [3.05, 3.63) is 77.5 Å². The molecule has 0 bridgehead atoms. The Balaban J connectivity index is 1.39. The molecule has 3 aromatic rings. The molecule has 2 aromatic carbocycles. The molecule has 1 aliphatic heterocycles. The van der Waals surface area contributed by atoms with Crippen molar-refractivity contribution in [2.24, 2.45) is 0 Å². The Morgan fingerprint density at radius 3 is 2.81 bits per heavy atom. The van der Waals surface area contributed by atoms with Crippen LogP contribution in [0.15, 0.2) is 66.9 Å². The summed E-state index contributed by atoms with van der Waals surface area (Å²) >= 11 is 5.88. The molecule has 1 aromatic heterocycles. The van der Waals surface area contributed by atoms with Crippen LogP contribution in [-0.4, -0.2) is 35.0 Å². The van der Waals surface area contributed by atoms with Crippen molar-refractivity contribution >= 4 is 34.5 Å². The highest BCUT2D eigenvalue weighted by atomic mass is 35.5. The van der Waals surface area contributed by atoms with Crippen LogP contribution in [0.4, 0.5) is 0 Å². The van der Waals surface area contributed by atoms with E-state index >= 15 is 0 Å². The van der Waals surface area contributed by atoms with Gasteiger partial charge in [0.1, 0.15) is 17.4 Å². The topological polar surface area (TPSA) is 42.4 Å². The third kappa shape index (κ3) is 4.12. The summed E-state index contributed by atoms with van der Waals surface area (Å²) in [7, 11) is 0. The van der Waals surface area contributed by atoms with E-state index in [1.807, 2.05) is 65.6 Å². The lowest BCUT2D eigenvalue weighted by molar-refractivity contribution is -0.125. The van der Waals surface area contributed by atoms with Gasteiger partial charge in [-0.15, -0.1) is 0 Å². The minimum atomic E-state index is -0.0227. The van der Waals surface area contributed by atoms with E-state index in [-0.39, 0.29) is 12.0 Å². The first-order valence-corrected chi connectivity index (χ1v) is 9.30. The molecule has 1 aliphatic rings. The van der Waals surface area contributed by atoms with Crippen LogP contribution in [-0.2, 0) is 4.79 Å². The number of rotatable bonds is 4. The SMILES string of the molecule is O=C(/C=C/c1ccc(Cl)cc1)N1CCC(Oc2cccc3cccnc23)C1. The number of pyridine rings is 1. The average molecular weight is 379 g/mol. The summed E-state index contributed by atoms with van der Waals surface area (Å²) in [6.07, 6.45) is 5.96. The fraction of sp³-hybridized carbons (Fsp3) is 0.182. The third-order valence-corrected chi connectivity index (χ3v) is 4.89. The minimum Gasteiger partial charge on any atom is -0.486 e. The van der Waals surface area contributed by atoms with Crippen molar-refractivity contribution in [2.75, 3.05) is 13.1 Å². The molecule has 27 heavy (non-hydrogen) atoms. The number of ether oxygens (including phenoxy) is 1. The molecule has 4 rings (SSSR count). The molecule has 0 N–H and O–H groups in total. The minimum absolute atomic E-state index is 0.00732. The van der Waals surface area contributed by atoms with Gasteiger partial charge in [-0.25, -0.2) is 0 Å². The van der Waals surface area contributed by atoms with Gasteiger partial charge in [0, 0.05) is 35.6 Å². The highest BCUT2D eigenvalue weighted by molar-refractivity contribution is 6.30. The monoisotopic (exact) mass is 378 g/mol. The smallest absolute Gasteiger partial charge is 0.246 e. The van der Waals surface area contributed by atoms with Gasteiger partial charge >= 0.3 is 0 Å². The molecule has 4 nitrogen and oxygen atoms in total. The van der Waals surface area contributed by atoms with E-state index in [0.717, 1.165) is 28.6 Å². The maximum absolute atomic E-state index is 12.4. The van der Waals surface area contributed by atoms with Gasteiger partial charge in [-0.05, 0) is 35.9 Å². The van der Waals surface area contributed by atoms with Gasteiger partial charge in [-0.1, -0.05) is 41.9 Å². The standard InChI is InChI=1S/C22H19ClN2O2/c23-18-9-6-16(7-10-18)8-11-21(26)25-14-12-19(15-25)27-20-5-1-3-17-4-2-13-24-22(17)20/h1-11,13,19H,12,14-15H2/b11-8+. The van der Waals surface area contributed by atoms with E-state index in [2.05, 4.69) is 4.98 Å². The maximum atomic E-state index is 12.4. The van der Waals surface area contributed by atoms with Gasteiger partial charge in [0.05, 0.1) is 6.54 Å². The summed E-state index contributed by atoms with van der Waals surface area (Å²) in [5.41, 5.74) is 1.80. The Hall–Kier alpha value is -2.85. The molecule has 136 valence electrons. The zero-order valence-electron chi connectivity index (χ0n) is 14.7. The largest absolute Gasteiger partial charge is 0.486 e. The van der Waals surface area contributed by atoms with Crippen LogP contribution >= 0.6 is 11.6 Å². The van der Waals surface area contributed by atoms with E-state index in [9.17, 15) is 4.79 Å². The number of halogens is 1. The Kier molecular flexibility index (Phi) is 5.07. The highest BCUT2D eigenvalue weighted by Crippen LogP contribution is 2.26. The Bertz CT molecular complexity index is 980. The molecule has 1 atom stereocenters. The van der Waals surface area contributed by atoms with Gasteiger partial charge in [-0.3, -0.25) is 9.78 Å². The molecular formula is C22H19ClN2O2. The summed E-state index contributed by atoms with van der Waals surface area (Å²) in [5, 5.41) is 1.73. The van der Waals surface area contributed by atoms with E-state index in [0.29, 0.717) is 18.1 Å². The normalized spacial score (nSPS) is 16.9. The van der Waals surface area contributed by atoms with Crippen molar-refractivity contribution in [2.45, 2.75) is 12.5 Å². The van der Waals surface area contributed by atoms with Crippen molar-refractivity contribution in [3.63, 3.8) is 0 Å². The number of hydrogen-bond acceptors (Lipinski definition) is 3. The van der Waals surface area contributed by atoms with E-state index < -0.39 is 0 Å². The number of carbonyl (C=O) groups excluding carboxylic acids is 1. The van der Waals surface area contributed by atoms with E-state index in [4.69, 9.17) is 16.3 Å². The van der Waals surface area contributed by atoms with Crippen LogP contribution in [0.2, 0.25) is 5.02 Å². The van der Waals surface area contributed by atoms with Gasteiger partial charge in [0.15, 0.2) is 0 Å². The summed E-state index contributed by atoms with van der Waals surface area (Å²) in [5.74, 6) is 0.760. The molecule has 0 spiro atoms. The molecule has 1 amide bonds. The number of para-hydroxylation sites is 1. The van der Waals surface area contributed by atoms with Gasteiger partial charge in [-0.2, -0.15) is 0 Å². The predicted octanol–water partition coefficient (Wildman–Crippen LogP) is 4.58. The Morgan fingerprint density at radius 1 is 1.15 bits per heavy atom. The van der Waals surface area contributed by atoms with Crippen molar-refractivity contribution < 1.29 is 9.53 Å². The molecule has 0 aliphatic carbocycles. The number of aromatic nitrogens is 1. The number of hydrogen-bond donors (Lipinski definition) is 0. The molecule has 0 saturated carbocycles. The second-order valence-corrected chi connectivity index (χ2v) is 6.97. The number of benzene rings is 2. The van der Waals surface area contributed by atoms with E-state index in [1.165, 1.54) is 0 Å². The second-order valence-electron chi connectivity index (χ2n) is 6.53. The van der Waals surface area contributed by atoms with Crippen molar-refractivity contribution in [1.29, 1.82) is 0 Å². The van der Waals surface area contributed by atoms with Crippen LogP contribution in [0, 0.1) is 0 Å². The Labute approximate surface area is 163 Å². The van der Waals surface area contributed by atoms with Crippen LogP contribution in [0.5, 0.6) is 5.75 Å². The lowest BCUT2D eigenvalue weighted by Gasteiger charge is -2.16. The molecule has 1 fully saturated rings. The van der Waals surface area contributed by atoms with Crippen molar-refractivity contribution in [1.82, 2.24) is 9.88 Å². The van der Waals surface area contributed by atoms with Crippen molar-refractivity contribution in [3.8, 4) is 5.75 Å². The maximum Gasteiger partial charge on any atom is 0.246 e. The van der Waals surface area contributed by atoms with Gasteiger partial charge in [0.25, 0.3) is 0 Å². The molecule has 5 heteroatoms. The lowest BCUT2D eigenvalue weighted by Crippen LogP contribution is -2.29. The van der Waals surface area contributed by atoms with Crippen LogP contribution < -0.4 is 4.74 Å². The first kappa shape index (κ1) is 17.6. The quantitative estimate of drug-likeness (QED) is 0.624. The first-order chi connectivity index (χ1) is 13.2. The molecule has 2 heterocycles. The molecular weight excluding hydrogens is 360 g/mol.